The number of anilines is 2. The quantitative estimate of drug-likeness (QED) is 0.887. The van der Waals surface area contributed by atoms with Crippen LogP contribution < -0.4 is 10.2 Å². The van der Waals surface area contributed by atoms with E-state index < -0.39 is 0 Å². The SMILES string of the molecule is Cc1csc(CNc2nccc(N3CCC(O)C3)n2)n1. The van der Waals surface area contributed by atoms with Crippen molar-refractivity contribution in [1.82, 2.24) is 15.0 Å². The van der Waals surface area contributed by atoms with E-state index in [4.69, 9.17) is 0 Å². The van der Waals surface area contributed by atoms with Crippen LogP contribution in [0, 0.1) is 6.92 Å². The van der Waals surface area contributed by atoms with Crippen LogP contribution in [0.3, 0.4) is 0 Å². The van der Waals surface area contributed by atoms with Crippen LogP contribution in [0.4, 0.5) is 11.8 Å². The smallest absolute Gasteiger partial charge is 0.224 e. The van der Waals surface area contributed by atoms with Crippen LogP contribution in [0.5, 0.6) is 0 Å². The molecule has 0 radical (unpaired) electrons. The minimum Gasteiger partial charge on any atom is -0.391 e. The molecule has 0 spiro atoms. The molecule has 3 heterocycles. The van der Waals surface area contributed by atoms with E-state index in [1.165, 1.54) is 0 Å². The molecule has 2 aromatic heterocycles. The number of aliphatic hydroxyl groups is 1. The molecule has 1 saturated heterocycles. The van der Waals surface area contributed by atoms with Crippen LogP contribution in [0.2, 0.25) is 0 Å². The maximum absolute atomic E-state index is 9.58. The van der Waals surface area contributed by atoms with Crippen LogP contribution in [-0.2, 0) is 6.54 Å². The third-order valence-corrected chi connectivity index (χ3v) is 4.16. The highest BCUT2D eigenvalue weighted by atomic mass is 32.1. The highest BCUT2D eigenvalue weighted by Crippen LogP contribution is 2.19. The van der Waals surface area contributed by atoms with Gasteiger partial charge in [-0.1, -0.05) is 0 Å². The maximum atomic E-state index is 9.58. The summed E-state index contributed by atoms with van der Waals surface area (Å²) in [5.41, 5.74) is 1.03. The summed E-state index contributed by atoms with van der Waals surface area (Å²) < 4.78 is 0. The summed E-state index contributed by atoms with van der Waals surface area (Å²) in [7, 11) is 0. The lowest BCUT2D eigenvalue weighted by Gasteiger charge is -2.16. The van der Waals surface area contributed by atoms with Crippen molar-refractivity contribution in [2.24, 2.45) is 0 Å². The number of β-amino-alcohol motifs (C(OH)–C–C–N with tert-alkyl or cyclic N) is 1. The van der Waals surface area contributed by atoms with Gasteiger partial charge in [0.15, 0.2) is 0 Å². The Morgan fingerprint density at radius 3 is 3.10 bits per heavy atom. The molecular weight excluding hydrogens is 274 g/mol. The van der Waals surface area contributed by atoms with Gasteiger partial charge in [0, 0.05) is 30.4 Å². The number of aromatic nitrogens is 3. The second-order valence-electron chi connectivity index (χ2n) is 4.86. The zero-order chi connectivity index (χ0) is 13.9. The minimum absolute atomic E-state index is 0.250. The second kappa shape index (κ2) is 5.72. The van der Waals surface area contributed by atoms with Crippen molar-refractivity contribution >= 4 is 23.1 Å². The molecular formula is C13H17N5OS. The second-order valence-corrected chi connectivity index (χ2v) is 5.81. The molecule has 0 bridgehead atoms. The fourth-order valence-corrected chi connectivity index (χ4v) is 2.91. The zero-order valence-corrected chi connectivity index (χ0v) is 12.1. The van der Waals surface area contributed by atoms with E-state index in [9.17, 15) is 5.11 Å². The van der Waals surface area contributed by atoms with Crippen LogP contribution in [-0.4, -0.2) is 39.3 Å². The molecule has 2 aromatic rings. The van der Waals surface area contributed by atoms with Gasteiger partial charge in [0.05, 0.1) is 12.6 Å². The van der Waals surface area contributed by atoms with Crippen molar-refractivity contribution in [2.75, 3.05) is 23.3 Å². The van der Waals surface area contributed by atoms with Gasteiger partial charge >= 0.3 is 0 Å². The Morgan fingerprint density at radius 2 is 2.40 bits per heavy atom. The number of nitrogens with one attached hydrogen (secondary N) is 1. The number of hydrogen-bond acceptors (Lipinski definition) is 7. The first-order valence-electron chi connectivity index (χ1n) is 6.61. The summed E-state index contributed by atoms with van der Waals surface area (Å²) in [4.78, 5) is 15.2. The molecule has 0 saturated carbocycles. The number of aliphatic hydroxyl groups excluding tert-OH is 1. The Morgan fingerprint density at radius 1 is 1.50 bits per heavy atom. The lowest BCUT2D eigenvalue weighted by molar-refractivity contribution is 0.198. The molecule has 2 N–H and O–H groups in total. The van der Waals surface area contributed by atoms with Gasteiger partial charge < -0.3 is 15.3 Å². The Labute approximate surface area is 121 Å². The number of rotatable bonds is 4. The van der Waals surface area contributed by atoms with E-state index in [-0.39, 0.29) is 6.10 Å². The van der Waals surface area contributed by atoms with Crippen LogP contribution in [0.15, 0.2) is 17.6 Å². The maximum Gasteiger partial charge on any atom is 0.224 e. The summed E-state index contributed by atoms with van der Waals surface area (Å²) in [5.74, 6) is 1.45. The van der Waals surface area contributed by atoms with Gasteiger partial charge in [-0.3, -0.25) is 0 Å². The first-order valence-corrected chi connectivity index (χ1v) is 7.49. The molecule has 1 fully saturated rings. The molecule has 1 atom stereocenters. The third-order valence-electron chi connectivity index (χ3n) is 3.19. The highest BCUT2D eigenvalue weighted by Gasteiger charge is 2.21. The molecule has 1 aliphatic rings. The molecule has 1 aliphatic heterocycles. The first-order chi connectivity index (χ1) is 9.70. The van der Waals surface area contributed by atoms with E-state index >= 15 is 0 Å². The van der Waals surface area contributed by atoms with Crippen LogP contribution in [0.25, 0.3) is 0 Å². The van der Waals surface area contributed by atoms with E-state index in [2.05, 4.69) is 25.2 Å². The van der Waals surface area contributed by atoms with Crippen molar-refractivity contribution in [1.29, 1.82) is 0 Å². The monoisotopic (exact) mass is 291 g/mol. The van der Waals surface area contributed by atoms with Crippen molar-refractivity contribution in [2.45, 2.75) is 26.0 Å². The highest BCUT2D eigenvalue weighted by molar-refractivity contribution is 7.09. The summed E-state index contributed by atoms with van der Waals surface area (Å²) >= 11 is 1.63. The molecule has 3 rings (SSSR count). The van der Waals surface area contributed by atoms with Crippen molar-refractivity contribution < 1.29 is 5.11 Å². The fourth-order valence-electron chi connectivity index (χ4n) is 2.20. The first kappa shape index (κ1) is 13.3. The summed E-state index contributed by atoms with van der Waals surface area (Å²) in [6.45, 7) is 4.09. The lowest BCUT2D eigenvalue weighted by Crippen LogP contribution is -2.22. The van der Waals surface area contributed by atoms with Gasteiger partial charge in [-0.05, 0) is 19.4 Å². The summed E-state index contributed by atoms with van der Waals surface area (Å²) in [6.07, 6.45) is 2.29. The Hall–Kier alpha value is -1.73. The van der Waals surface area contributed by atoms with Crippen LogP contribution >= 0.6 is 11.3 Å². The number of hydrogen-bond donors (Lipinski definition) is 2. The number of aryl methyl sites for hydroxylation is 1. The van der Waals surface area contributed by atoms with Crippen LogP contribution in [0.1, 0.15) is 17.1 Å². The Kier molecular flexibility index (Phi) is 3.79. The average Bonchev–Trinajstić information content (AvgIpc) is 3.06. The molecule has 20 heavy (non-hydrogen) atoms. The lowest BCUT2D eigenvalue weighted by atomic mass is 10.3. The standard InChI is InChI=1S/C13H17N5OS/c1-9-8-20-12(16-9)6-15-13-14-4-2-11(17-13)18-5-3-10(19)7-18/h2,4,8,10,19H,3,5-7H2,1H3,(H,14,15,17). The van der Waals surface area contributed by atoms with E-state index in [0.29, 0.717) is 19.0 Å². The minimum atomic E-state index is -0.250. The molecule has 0 aliphatic carbocycles. The van der Waals surface area contributed by atoms with Crippen molar-refractivity contribution in [3.05, 3.63) is 28.3 Å². The topological polar surface area (TPSA) is 74.2 Å². The Bertz CT molecular complexity index is 588. The summed E-state index contributed by atoms with van der Waals surface area (Å²) in [5, 5.41) is 15.8. The van der Waals surface area contributed by atoms with E-state index in [1.54, 1.807) is 17.5 Å². The van der Waals surface area contributed by atoms with Gasteiger partial charge in [0.25, 0.3) is 0 Å². The number of thiazole rings is 1. The molecule has 7 heteroatoms. The molecule has 0 amide bonds. The molecule has 6 nitrogen and oxygen atoms in total. The Balaban J connectivity index is 1.65. The number of nitrogens with zero attached hydrogens (tertiary/aromatic N) is 4. The fraction of sp³-hybridized carbons (Fsp3) is 0.462. The van der Waals surface area contributed by atoms with Gasteiger partial charge in [-0.25, -0.2) is 9.97 Å². The largest absolute Gasteiger partial charge is 0.391 e. The average molecular weight is 291 g/mol. The predicted molar refractivity (Wildman–Crippen MR) is 79.0 cm³/mol. The third kappa shape index (κ3) is 3.05. The van der Waals surface area contributed by atoms with Crippen molar-refractivity contribution in [3.63, 3.8) is 0 Å². The normalized spacial score (nSPS) is 18.5. The van der Waals surface area contributed by atoms with Gasteiger partial charge in [0.1, 0.15) is 10.8 Å². The van der Waals surface area contributed by atoms with Crippen molar-refractivity contribution in [3.8, 4) is 0 Å². The van der Waals surface area contributed by atoms with E-state index in [1.807, 2.05) is 18.4 Å². The zero-order valence-electron chi connectivity index (χ0n) is 11.3. The molecule has 1 unspecified atom stereocenters. The van der Waals surface area contributed by atoms with E-state index in [0.717, 1.165) is 29.5 Å². The van der Waals surface area contributed by atoms with Gasteiger partial charge in [-0.2, -0.15) is 4.98 Å². The van der Waals surface area contributed by atoms with Gasteiger partial charge in [0.2, 0.25) is 5.95 Å². The summed E-state index contributed by atoms with van der Waals surface area (Å²) in [6, 6.07) is 1.87. The molecule has 106 valence electrons. The predicted octanol–water partition coefficient (Wildman–Crippen LogP) is 1.42. The van der Waals surface area contributed by atoms with Gasteiger partial charge in [-0.15, -0.1) is 11.3 Å². The molecule has 0 aromatic carbocycles.